The Hall–Kier alpha value is -0.620. The van der Waals surface area contributed by atoms with E-state index in [0.29, 0.717) is 24.2 Å². The lowest BCUT2D eigenvalue weighted by Crippen LogP contribution is -2.39. The van der Waals surface area contributed by atoms with E-state index >= 15 is 0 Å². The van der Waals surface area contributed by atoms with Crippen LogP contribution in [0.25, 0.3) is 0 Å². The molecule has 0 aromatic heterocycles. The fourth-order valence-corrected chi connectivity index (χ4v) is 6.65. The number of hydrogen-bond donors (Lipinski definition) is 1. The molecule has 0 bridgehead atoms. The second kappa shape index (κ2) is 6.03. The van der Waals surface area contributed by atoms with Crippen molar-refractivity contribution in [3.8, 4) is 0 Å². The summed E-state index contributed by atoms with van der Waals surface area (Å²) in [5.74, 6) is 1.03. The molecular formula is C17H24N4S2. The molecule has 124 valence electrons. The lowest BCUT2D eigenvalue weighted by Gasteiger charge is -2.31. The minimum absolute atomic E-state index is 0.546. The Kier molecular flexibility index (Phi) is 3.85. The van der Waals surface area contributed by atoms with E-state index in [0.717, 1.165) is 5.75 Å². The Morgan fingerprint density at radius 1 is 1.09 bits per heavy atom. The van der Waals surface area contributed by atoms with Crippen molar-refractivity contribution in [1.82, 2.24) is 10.2 Å². The van der Waals surface area contributed by atoms with Crippen LogP contribution in [0, 0.1) is 0 Å². The van der Waals surface area contributed by atoms with Crippen molar-refractivity contribution in [2.45, 2.75) is 75.5 Å². The van der Waals surface area contributed by atoms with Crippen LogP contribution >= 0.6 is 23.5 Å². The fraction of sp³-hybridized carbons (Fsp3) is 0.765. The molecule has 0 radical (unpaired) electrons. The van der Waals surface area contributed by atoms with Crippen LogP contribution in [0.3, 0.4) is 0 Å². The van der Waals surface area contributed by atoms with Crippen LogP contribution in [-0.2, 0) is 0 Å². The molecule has 2 saturated carbocycles. The minimum Gasteiger partial charge on any atom is -0.360 e. The molecular weight excluding hydrogens is 324 g/mol. The van der Waals surface area contributed by atoms with Gasteiger partial charge in [0, 0.05) is 11.4 Å². The number of aliphatic imine (C=N–C) groups is 2. The molecule has 1 N–H and O–H groups in total. The molecule has 0 aromatic rings. The Labute approximate surface area is 146 Å². The summed E-state index contributed by atoms with van der Waals surface area (Å²) in [6.07, 6.45) is 10.6. The lowest BCUT2D eigenvalue weighted by molar-refractivity contribution is 0.285. The third kappa shape index (κ3) is 2.62. The summed E-state index contributed by atoms with van der Waals surface area (Å²) in [6.45, 7) is 0. The molecule has 23 heavy (non-hydrogen) atoms. The van der Waals surface area contributed by atoms with Crippen LogP contribution < -0.4 is 5.32 Å². The number of thioether (sulfide) groups is 2. The predicted molar refractivity (Wildman–Crippen MR) is 100 cm³/mol. The summed E-state index contributed by atoms with van der Waals surface area (Å²) in [4.78, 5) is 12.4. The first kappa shape index (κ1) is 14.7. The fourth-order valence-electron chi connectivity index (χ4n) is 4.60. The summed E-state index contributed by atoms with van der Waals surface area (Å²) >= 11 is 3.73. The van der Waals surface area contributed by atoms with Crippen LogP contribution in [0.4, 0.5) is 0 Å². The maximum Gasteiger partial charge on any atom is 0.168 e. The zero-order chi connectivity index (χ0) is 15.2. The second-order valence-electron chi connectivity index (χ2n) is 7.25. The molecule has 3 heterocycles. The Balaban J connectivity index is 1.23. The highest BCUT2D eigenvalue weighted by atomic mass is 32.2. The first-order valence-corrected chi connectivity index (χ1v) is 10.9. The number of rotatable bonds is 2. The van der Waals surface area contributed by atoms with Crippen molar-refractivity contribution in [3.05, 3.63) is 11.1 Å². The summed E-state index contributed by atoms with van der Waals surface area (Å²) in [6, 6.07) is 2.36. The first-order chi connectivity index (χ1) is 11.4. The van der Waals surface area contributed by atoms with E-state index in [1.807, 2.05) is 23.5 Å². The molecule has 0 spiro atoms. The highest BCUT2D eigenvalue weighted by Crippen LogP contribution is 2.41. The molecule has 0 unspecified atom stereocenters. The SMILES string of the molecule is C1=C(CSC2=N[C@@H]3CCCC[C@@H]3N2)N2C(=N[C@H]3CCCC[C@@H]32)S1. The van der Waals surface area contributed by atoms with Gasteiger partial charge in [-0.15, -0.1) is 0 Å². The van der Waals surface area contributed by atoms with Crippen LogP contribution in [0.1, 0.15) is 51.4 Å². The molecule has 4 nitrogen and oxygen atoms in total. The van der Waals surface area contributed by atoms with Crippen molar-refractivity contribution in [3.63, 3.8) is 0 Å². The second-order valence-corrected chi connectivity index (χ2v) is 9.05. The van der Waals surface area contributed by atoms with E-state index in [1.54, 1.807) is 0 Å². The largest absolute Gasteiger partial charge is 0.360 e. The van der Waals surface area contributed by atoms with Gasteiger partial charge in [-0.3, -0.25) is 9.98 Å². The van der Waals surface area contributed by atoms with Crippen molar-refractivity contribution >= 4 is 33.9 Å². The molecule has 6 heteroatoms. The third-order valence-corrected chi connectivity index (χ3v) is 7.64. The molecule has 0 amide bonds. The monoisotopic (exact) mass is 348 g/mol. The number of hydrogen-bond acceptors (Lipinski definition) is 6. The number of fused-ring (bicyclic) bond motifs is 4. The van der Waals surface area contributed by atoms with Gasteiger partial charge in [-0.2, -0.15) is 0 Å². The zero-order valence-corrected chi connectivity index (χ0v) is 15.0. The summed E-state index contributed by atoms with van der Waals surface area (Å²) in [7, 11) is 0. The molecule has 0 aromatic carbocycles. The molecule has 2 aliphatic carbocycles. The van der Waals surface area contributed by atoms with Crippen molar-refractivity contribution in [2.75, 3.05) is 5.75 Å². The van der Waals surface area contributed by atoms with Gasteiger partial charge in [0.2, 0.25) is 0 Å². The van der Waals surface area contributed by atoms with Crippen LogP contribution in [0.5, 0.6) is 0 Å². The highest BCUT2D eigenvalue weighted by Gasteiger charge is 2.41. The Morgan fingerprint density at radius 2 is 1.91 bits per heavy atom. The van der Waals surface area contributed by atoms with E-state index in [4.69, 9.17) is 9.98 Å². The van der Waals surface area contributed by atoms with Gasteiger partial charge in [0.25, 0.3) is 0 Å². The standard InChI is InChI=1S/C17H24N4S2/c1-2-6-13-12(5-1)18-16(19-13)22-9-11-10-23-17-20-14-7-3-4-8-15(14)21(11)17/h10,12-15H,1-9H2,(H,18,19)/t12-,13+,14-,15-/m0/s1. The predicted octanol–water partition coefficient (Wildman–Crippen LogP) is 3.56. The van der Waals surface area contributed by atoms with Gasteiger partial charge in [0.15, 0.2) is 10.3 Å². The van der Waals surface area contributed by atoms with Crippen LogP contribution in [-0.4, -0.2) is 45.2 Å². The lowest BCUT2D eigenvalue weighted by atomic mass is 9.91. The summed E-state index contributed by atoms with van der Waals surface area (Å²) in [5.41, 5.74) is 1.45. The van der Waals surface area contributed by atoms with Gasteiger partial charge < -0.3 is 10.2 Å². The van der Waals surface area contributed by atoms with Gasteiger partial charge in [-0.25, -0.2) is 0 Å². The zero-order valence-electron chi connectivity index (χ0n) is 13.4. The average molecular weight is 349 g/mol. The quantitative estimate of drug-likeness (QED) is 0.828. The number of amidine groups is 2. The Bertz CT molecular complexity index is 585. The molecule has 5 aliphatic rings. The van der Waals surface area contributed by atoms with Crippen molar-refractivity contribution < 1.29 is 0 Å². The average Bonchev–Trinajstić information content (AvgIpc) is 3.25. The van der Waals surface area contributed by atoms with Crippen LogP contribution in [0.2, 0.25) is 0 Å². The van der Waals surface area contributed by atoms with E-state index < -0.39 is 0 Å². The maximum absolute atomic E-state index is 4.96. The van der Waals surface area contributed by atoms with E-state index in [2.05, 4.69) is 15.6 Å². The van der Waals surface area contributed by atoms with Gasteiger partial charge in [0.05, 0.1) is 24.2 Å². The van der Waals surface area contributed by atoms with E-state index in [-0.39, 0.29) is 0 Å². The maximum atomic E-state index is 4.96. The first-order valence-electron chi connectivity index (χ1n) is 9.08. The minimum atomic E-state index is 0.546. The topological polar surface area (TPSA) is 40.0 Å². The number of nitrogens with zero attached hydrogens (tertiary/aromatic N) is 3. The third-order valence-electron chi connectivity index (χ3n) is 5.80. The van der Waals surface area contributed by atoms with E-state index in [1.165, 1.54) is 67.4 Å². The molecule has 3 aliphatic heterocycles. The summed E-state index contributed by atoms with van der Waals surface area (Å²) in [5, 5.41) is 8.42. The number of nitrogens with one attached hydrogen (secondary N) is 1. The molecule has 2 fully saturated rings. The summed E-state index contributed by atoms with van der Waals surface area (Å²) < 4.78 is 0. The Morgan fingerprint density at radius 3 is 2.83 bits per heavy atom. The smallest absolute Gasteiger partial charge is 0.168 e. The van der Waals surface area contributed by atoms with Crippen LogP contribution in [0.15, 0.2) is 21.1 Å². The normalized spacial score (nSPS) is 38.3. The van der Waals surface area contributed by atoms with Gasteiger partial charge in [-0.05, 0) is 31.1 Å². The molecule has 5 rings (SSSR count). The highest BCUT2D eigenvalue weighted by molar-refractivity contribution is 8.17. The van der Waals surface area contributed by atoms with Crippen molar-refractivity contribution in [1.29, 1.82) is 0 Å². The van der Waals surface area contributed by atoms with Gasteiger partial charge in [-0.1, -0.05) is 49.2 Å². The van der Waals surface area contributed by atoms with E-state index in [9.17, 15) is 0 Å². The van der Waals surface area contributed by atoms with Gasteiger partial charge >= 0.3 is 0 Å². The van der Waals surface area contributed by atoms with Crippen molar-refractivity contribution in [2.24, 2.45) is 9.98 Å². The molecule has 0 saturated heterocycles. The van der Waals surface area contributed by atoms with Gasteiger partial charge in [0.1, 0.15) is 0 Å². The molecule has 4 atom stereocenters.